The Morgan fingerprint density at radius 3 is 2.75 bits per heavy atom. The van der Waals surface area contributed by atoms with E-state index in [4.69, 9.17) is 4.74 Å². The highest BCUT2D eigenvalue weighted by Gasteiger charge is 2.20. The normalized spacial score (nSPS) is 10.6. The van der Waals surface area contributed by atoms with Crippen LogP contribution in [0.4, 0.5) is 8.78 Å². The van der Waals surface area contributed by atoms with Gasteiger partial charge in [0.25, 0.3) is 6.43 Å². The van der Waals surface area contributed by atoms with E-state index in [0.717, 1.165) is 6.20 Å². The summed E-state index contributed by atoms with van der Waals surface area (Å²) in [4.78, 5) is 15.1. The molecule has 1 aromatic heterocycles. The molecule has 0 N–H and O–H groups in total. The highest BCUT2D eigenvalue weighted by atomic mass is 79.9. The largest absolute Gasteiger partial charge is 0.462 e. The second-order valence-electron chi connectivity index (χ2n) is 2.91. The lowest BCUT2D eigenvalue weighted by Gasteiger charge is -2.10. The van der Waals surface area contributed by atoms with Crippen LogP contribution >= 0.6 is 15.9 Å². The molecule has 3 nitrogen and oxygen atoms in total. The molecule has 0 saturated carbocycles. The summed E-state index contributed by atoms with van der Waals surface area (Å²) < 4.78 is 30.0. The molecule has 0 amide bonds. The Labute approximate surface area is 99.9 Å². The Kier molecular flexibility index (Phi) is 4.79. The molecule has 0 spiro atoms. The topological polar surface area (TPSA) is 39.2 Å². The van der Waals surface area contributed by atoms with Crippen molar-refractivity contribution in [1.29, 1.82) is 0 Å². The molecule has 0 unspecified atom stereocenters. The first kappa shape index (κ1) is 13.0. The van der Waals surface area contributed by atoms with Crippen molar-refractivity contribution in [3.63, 3.8) is 0 Å². The minimum atomic E-state index is -2.66. The van der Waals surface area contributed by atoms with E-state index >= 15 is 0 Å². The summed E-state index contributed by atoms with van der Waals surface area (Å²) in [6.07, 6.45) is -0.362. The molecule has 6 heteroatoms. The third kappa shape index (κ3) is 2.75. The molecule has 0 aliphatic carbocycles. The summed E-state index contributed by atoms with van der Waals surface area (Å²) in [6.45, 7) is 1.84. The van der Waals surface area contributed by atoms with Crippen LogP contribution in [0.25, 0.3) is 0 Å². The van der Waals surface area contributed by atoms with Crippen LogP contribution in [-0.4, -0.2) is 17.6 Å². The molecular weight excluding hydrogens is 284 g/mol. The van der Waals surface area contributed by atoms with Crippen molar-refractivity contribution in [2.45, 2.75) is 18.7 Å². The van der Waals surface area contributed by atoms with Crippen molar-refractivity contribution < 1.29 is 18.3 Å². The number of hydrogen-bond acceptors (Lipinski definition) is 3. The molecule has 0 bridgehead atoms. The fourth-order valence-electron chi connectivity index (χ4n) is 1.23. The van der Waals surface area contributed by atoms with E-state index in [1.165, 1.54) is 6.20 Å². The predicted molar refractivity (Wildman–Crippen MR) is 57.8 cm³/mol. The molecule has 0 saturated heterocycles. The first-order chi connectivity index (χ1) is 7.61. The van der Waals surface area contributed by atoms with Crippen LogP contribution in [0.15, 0.2) is 12.4 Å². The number of ether oxygens (including phenoxy) is 1. The number of carbonyl (C=O) groups is 1. The van der Waals surface area contributed by atoms with Gasteiger partial charge < -0.3 is 4.74 Å². The molecule has 0 aromatic carbocycles. The summed E-state index contributed by atoms with van der Waals surface area (Å²) in [7, 11) is 0. The van der Waals surface area contributed by atoms with Gasteiger partial charge in [-0.1, -0.05) is 15.9 Å². The number of alkyl halides is 3. The number of aromatic nitrogens is 1. The number of hydrogen-bond donors (Lipinski definition) is 0. The first-order valence-electron chi connectivity index (χ1n) is 4.59. The van der Waals surface area contributed by atoms with Gasteiger partial charge in [0.2, 0.25) is 0 Å². The quantitative estimate of drug-likeness (QED) is 0.633. The summed E-state index contributed by atoms with van der Waals surface area (Å²) in [5.74, 6) is -0.632. The molecule has 88 valence electrons. The number of carbonyl (C=O) groups excluding carboxylic acids is 1. The van der Waals surface area contributed by atoms with Crippen molar-refractivity contribution in [2.24, 2.45) is 0 Å². The molecule has 0 aliphatic heterocycles. The summed E-state index contributed by atoms with van der Waals surface area (Å²) in [5.41, 5.74) is 0.0578. The van der Waals surface area contributed by atoms with Crippen LogP contribution in [0.1, 0.15) is 34.8 Å². The van der Waals surface area contributed by atoms with Gasteiger partial charge in [0.15, 0.2) is 0 Å². The maximum Gasteiger partial charge on any atom is 0.340 e. The van der Waals surface area contributed by atoms with E-state index < -0.39 is 12.4 Å². The van der Waals surface area contributed by atoms with Crippen molar-refractivity contribution in [2.75, 3.05) is 6.61 Å². The van der Waals surface area contributed by atoms with Crippen molar-refractivity contribution in [3.05, 3.63) is 29.1 Å². The highest BCUT2D eigenvalue weighted by Crippen LogP contribution is 2.26. The molecular formula is C10H10BrF2NO2. The first-order valence-corrected chi connectivity index (χ1v) is 5.72. The second kappa shape index (κ2) is 5.89. The Bertz CT molecular complexity index is 385. The number of halogens is 3. The van der Waals surface area contributed by atoms with Crippen LogP contribution in [-0.2, 0) is 10.1 Å². The van der Waals surface area contributed by atoms with Crippen LogP contribution in [0, 0.1) is 0 Å². The van der Waals surface area contributed by atoms with E-state index in [-0.39, 0.29) is 28.6 Å². The SMILES string of the molecule is CCOC(=O)c1cncc(C(F)F)c1CBr. The Hall–Kier alpha value is -1.04. The van der Waals surface area contributed by atoms with Crippen LogP contribution in [0.3, 0.4) is 0 Å². The van der Waals surface area contributed by atoms with E-state index in [1.807, 2.05) is 0 Å². The van der Waals surface area contributed by atoms with E-state index in [0.29, 0.717) is 0 Å². The van der Waals surface area contributed by atoms with Gasteiger partial charge >= 0.3 is 5.97 Å². The van der Waals surface area contributed by atoms with Crippen LogP contribution < -0.4 is 0 Å². The van der Waals surface area contributed by atoms with Gasteiger partial charge in [-0.2, -0.15) is 0 Å². The van der Waals surface area contributed by atoms with Crippen molar-refractivity contribution in [1.82, 2.24) is 4.98 Å². The molecule has 0 fully saturated rings. The van der Waals surface area contributed by atoms with E-state index in [1.54, 1.807) is 6.92 Å². The maximum absolute atomic E-state index is 12.6. The Morgan fingerprint density at radius 2 is 2.25 bits per heavy atom. The third-order valence-corrected chi connectivity index (χ3v) is 2.52. The average molecular weight is 294 g/mol. The van der Waals surface area contributed by atoms with Gasteiger partial charge in [-0.3, -0.25) is 4.98 Å². The molecule has 0 aliphatic rings. The maximum atomic E-state index is 12.6. The zero-order valence-electron chi connectivity index (χ0n) is 8.54. The molecule has 0 radical (unpaired) electrons. The summed E-state index contributed by atoms with van der Waals surface area (Å²) >= 11 is 3.08. The van der Waals surface area contributed by atoms with Gasteiger partial charge in [-0.05, 0) is 12.5 Å². The Morgan fingerprint density at radius 1 is 1.56 bits per heavy atom. The van der Waals surface area contributed by atoms with Crippen LogP contribution in [0.2, 0.25) is 0 Å². The van der Waals surface area contributed by atoms with Crippen molar-refractivity contribution >= 4 is 21.9 Å². The lowest BCUT2D eigenvalue weighted by atomic mass is 10.1. The zero-order chi connectivity index (χ0) is 12.1. The molecule has 1 rings (SSSR count). The summed E-state index contributed by atoms with van der Waals surface area (Å²) in [6, 6.07) is 0. The summed E-state index contributed by atoms with van der Waals surface area (Å²) in [5, 5.41) is 0.156. The molecule has 16 heavy (non-hydrogen) atoms. The number of rotatable bonds is 4. The molecule has 0 atom stereocenters. The third-order valence-electron chi connectivity index (χ3n) is 1.95. The minimum absolute atomic E-state index is 0.0801. The van der Waals surface area contributed by atoms with E-state index in [2.05, 4.69) is 20.9 Å². The lowest BCUT2D eigenvalue weighted by molar-refractivity contribution is 0.0524. The highest BCUT2D eigenvalue weighted by molar-refractivity contribution is 9.08. The van der Waals surface area contributed by atoms with Crippen molar-refractivity contribution in [3.8, 4) is 0 Å². The average Bonchev–Trinajstić information content (AvgIpc) is 2.28. The monoisotopic (exact) mass is 293 g/mol. The van der Waals surface area contributed by atoms with Gasteiger partial charge in [0, 0.05) is 23.3 Å². The smallest absolute Gasteiger partial charge is 0.340 e. The molecule has 1 heterocycles. The fourth-order valence-corrected chi connectivity index (χ4v) is 1.85. The van der Waals surface area contributed by atoms with Gasteiger partial charge in [0.1, 0.15) is 0 Å². The number of esters is 1. The predicted octanol–water partition coefficient (Wildman–Crippen LogP) is 3.09. The fraction of sp³-hybridized carbons (Fsp3) is 0.400. The number of nitrogens with zero attached hydrogens (tertiary/aromatic N) is 1. The van der Waals surface area contributed by atoms with Crippen LogP contribution in [0.5, 0.6) is 0 Å². The van der Waals surface area contributed by atoms with Gasteiger partial charge in [-0.25, -0.2) is 13.6 Å². The zero-order valence-corrected chi connectivity index (χ0v) is 10.1. The number of pyridine rings is 1. The minimum Gasteiger partial charge on any atom is -0.462 e. The Balaban J connectivity index is 3.18. The standard InChI is InChI=1S/C10H10BrF2NO2/c1-2-16-10(15)8-5-14-4-7(9(12)13)6(8)3-11/h4-5,9H,2-3H2,1H3. The lowest BCUT2D eigenvalue weighted by Crippen LogP contribution is -2.10. The van der Waals surface area contributed by atoms with Gasteiger partial charge in [-0.15, -0.1) is 0 Å². The van der Waals surface area contributed by atoms with Gasteiger partial charge in [0.05, 0.1) is 12.2 Å². The second-order valence-corrected chi connectivity index (χ2v) is 3.47. The molecule has 1 aromatic rings. The van der Waals surface area contributed by atoms with E-state index in [9.17, 15) is 13.6 Å².